The SMILES string of the molecule is CCOc1ccccc1N(C(=O)c1sc(C)nc1C)[C@H](C(=O)NC1CCCCC1)c1ccc(OC)cc1. The lowest BCUT2D eigenvalue weighted by atomic mass is 9.94. The van der Waals surface area contributed by atoms with E-state index in [0.717, 1.165) is 30.7 Å². The molecule has 1 aliphatic rings. The molecular formula is C29H35N3O4S. The van der Waals surface area contributed by atoms with Gasteiger partial charge in [0.1, 0.15) is 22.4 Å². The minimum atomic E-state index is -0.913. The number of nitrogens with zero attached hydrogens (tertiary/aromatic N) is 2. The van der Waals surface area contributed by atoms with Crippen molar-refractivity contribution in [1.29, 1.82) is 0 Å². The van der Waals surface area contributed by atoms with Gasteiger partial charge >= 0.3 is 0 Å². The first-order valence-corrected chi connectivity index (χ1v) is 13.7. The van der Waals surface area contributed by atoms with Crippen LogP contribution in [-0.4, -0.2) is 36.6 Å². The fourth-order valence-electron chi connectivity index (χ4n) is 4.87. The van der Waals surface area contributed by atoms with Gasteiger partial charge in [-0.1, -0.05) is 43.5 Å². The summed E-state index contributed by atoms with van der Waals surface area (Å²) in [7, 11) is 1.60. The number of aromatic nitrogens is 1. The van der Waals surface area contributed by atoms with E-state index < -0.39 is 6.04 Å². The van der Waals surface area contributed by atoms with Crippen molar-refractivity contribution in [2.45, 2.75) is 65.0 Å². The Morgan fingerprint density at radius 3 is 2.41 bits per heavy atom. The van der Waals surface area contributed by atoms with Gasteiger partial charge in [-0.15, -0.1) is 11.3 Å². The number of para-hydroxylation sites is 2. The number of amides is 2. The summed E-state index contributed by atoms with van der Waals surface area (Å²) >= 11 is 1.34. The number of hydrogen-bond donors (Lipinski definition) is 1. The number of benzene rings is 2. The number of aryl methyl sites for hydroxylation is 2. The molecule has 0 spiro atoms. The quantitative estimate of drug-likeness (QED) is 0.373. The van der Waals surface area contributed by atoms with E-state index in [2.05, 4.69) is 10.3 Å². The van der Waals surface area contributed by atoms with Crippen LogP contribution < -0.4 is 19.7 Å². The van der Waals surface area contributed by atoms with Gasteiger partial charge in [-0.25, -0.2) is 4.98 Å². The fraction of sp³-hybridized carbons (Fsp3) is 0.414. The normalized spacial score (nSPS) is 14.6. The van der Waals surface area contributed by atoms with Crippen molar-refractivity contribution in [3.05, 3.63) is 69.7 Å². The highest BCUT2D eigenvalue weighted by molar-refractivity contribution is 7.13. The van der Waals surface area contributed by atoms with Gasteiger partial charge in [0.05, 0.1) is 30.1 Å². The van der Waals surface area contributed by atoms with Gasteiger partial charge < -0.3 is 14.8 Å². The lowest BCUT2D eigenvalue weighted by molar-refractivity contribution is -0.123. The van der Waals surface area contributed by atoms with Gasteiger partial charge in [-0.3, -0.25) is 14.5 Å². The molecule has 1 fully saturated rings. The summed E-state index contributed by atoms with van der Waals surface area (Å²) in [6.07, 6.45) is 5.25. The summed E-state index contributed by atoms with van der Waals surface area (Å²) in [4.78, 5) is 35.0. The molecule has 2 amide bonds. The molecule has 37 heavy (non-hydrogen) atoms. The summed E-state index contributed by atoms with van der Waals surface area (Å²) in [5, 5.41) is 4.05. The number of anilines is 1. The van der Waals surface area contributed by atoms with Crippen molar-refractivity contribution in [3.63, 3.8) is 0 Å². The van der Waals surface area contributed by atoms with E-state index in [1.165, 1.54) is 17.8 Å². The van der Waals surface area contributed by atoms with E-state index in [0.29, 0.717) is 39.9 Å². The van der Waals surface area contributed by atoms with Crippen molar-refractivity contribution in [3.8, 4) is 11.5 Å². The highest BCUT2D eigenvalue weighted by atomic mass is 32.1. The monoisotopic (exact) mass is 521 g/mol. The molecule has 0 radical (unpaired) electrons. The number of nitrogens with one attached hydrogen (secondary N) is 1. The van der Waals surface area contributed by atoms with Gasteiger partial charge in [-0.2, -0.15) is 0 Å². The molecule has 1 atom stereocenters. The maximum absolute atomic E-state index is 14.3. The Kier molecular flexibility index (Phi) is 8.82. The Bertz CT molecular complexity index is 1220. The summed E-state index contributed by atoms with van der Waals surface area (Å²) in [5.41, 5.74) is 1.87. The van der Waals surface area contributed by atoms with E-state index in [9.17, 15) is 9.59 Å². The van der Waals surface area contributed by atoms with E-state index >= 15 is 0 Å². The Balaban J connectivity index is 1.86. The van der Waals surface area contributed by atoms with Gasteiger partial charge in [0, 0.05) is 6.04 Å². The van der Waals surface area contributed by atoms with Crippen LogP contribution in [0, 0.1) is 13.8 Å². The molecule has 3 aromatic rings. The molecule has 0 saturated heterocycles. The third-order valence-electron chi connectivity index (χ3n) is 6.63. The van der Waals surface area contributed by atoms with E-state index in [4.69, 9.17) is 9.47 Å². The molecule has 1 saturated carbocycles. The Morgan fingerprint density at radius 1 is 1.08 bits per heavy atom. The summed E-state index contributed by atoms with van der Waals surface area (Å²) < 4.78 is 11.3. The number of rotatable bonds is 9. The van der Waals surface area contributed by atoms with Crippen LogP contribution in [0.3, 0.4) is 0 Å². The van der Waals surface area contributed by atoms with E-state index in [-0.39, 0.29) is 17.9 Å². The van der Waals surface area contributed by atoms with Gasteiger partial charge in [0.25, 0.3) is 5.91 Å². The van der Waals surface area contributed by atoms with Crippen molar-refractivity contribution in [1.82, 2.24) is 10.3 Å². The average molecular weight is 522 g/mol. The number of carbonyl (C=O) groups excluding carboxylic acids is 2. The molecule has 0 aliphatic heterocycles. The molecule has 0 unspecified atom stereocenters. The molecule has 196 valence electrons. The van der Waals surface area contributed by atoms with Crippen molar-refractivity contribution in [2.75, 3.05) is 18.6 Å². The smallest absolute Gasteiger partial charge is 0.271 e. The molecule has 1 aliphatic carbocycles. The van der Waals surface area contributed by atoms with Crippen LogP contribution in [0.1, 0.15) is 71.0 Å². The molecule has 1 aromatic heterocycles. The first-order chi connectivity index (χ1) is 17.9. The topological polar surface area (TPSA) is 80.8 Å². The third kappa shape index (κ3) is 6.13. The molecule has 2 aromatic carbocycles. The Hall–Kier alpha value is -3.39. The molecule has 0 bridgehead atoms. The predicted molar refractivity (Wildman–Crippen MR) is 147 cm³/mol. The predicted octanol–water partition coefficient (Wildman–Crippen LogP) is 6.00. The van der Waals surface area contributed by atoms with Crippen LogP contribution in [-0.2, 0) is 4.79 Å². The lowest BCUT2D eigenvalue weighted by Crippen LogP contribution is -2.47. The molecular weight excluding hydrogens is 486 g/mol. The van der Waals surface area contributed by atoms with Crippen LogP contribution in [0.25, 0.3) is 0 Å². The summed E-state index contributed by atoms with van der Waals surface area (Å²) in [6.45, 7) is 6.03. The number of carbonyl (C=O) groups is 2. The third-order valence-corrected chi connectivity index (χ3v) is 7.69. The van der Waals surface area contributed by atoms with Crippen LogP contribution in [0.2, 0.25) is 0 Å². The standard InChI is InChI=1S/C29H35N3O4S/c1-5-36-25-14-10-9-13-24(25)32(29(34)27-19(2)30-20(3)37-27)26(21-15-17-23(35-4)18-16-21)28(33)31-22-11-7-6-8-12-22/h9-10,13-18,22,26H,5-8,11-12H2,1-4H3,(H,31,33)/t26-/m0/s1. The number of methoxy groups -OCH3 is 1. The second-order valence-corrected chi connectivity index (χ2v) is 10.4. The van der Waals surface area contributed by atoms with Crippen molar-refractivity contribution in [2.24, 2.45) is 0 Å². The van der Waals surface area contributed by atoms with Crippen LogP contribution in [0.15, 0.2) is 48.5 Å². The molecule has 1 heterocycles. The van der Waals surface area contributed by atoms with Crippen molar-refractivity contribution < 1.29 is 19.1 Å². The number of hydrogen-bond acceptors (Lipinski definition) is 6. The molecule has 7 nitrogen and oxygen atoms in total. The van der Waals surface area contributed by atoms with Crippen molar-refractivity contribution >= 4 is 28.8 Å². The summed E-state index contributed by atoms with van der Waals surface area (Å²) in [5.74, 6) is 0.725. The molecule has 1 N–H and O–H groups in total. The Labute approximate surface area is 222 Å². The molecule has 8 heteroatoms. The zero-order valence-electron chi connectivity index (χ0n) is 22.0. The maximum Gasteiger partial charge on any atom is 0.271 e. The summed E-state index contributed by atoms with van der Waals surface area (Å²) in [6, 6.07) is 13.9. The van der Waals surface area contributed by atoms with Crippen LogP contribution in [0.5, 0.6) is 11.5 Å². The first-order valence-electron chi connectivity index (χ1n) is 12.9. The van der Waals surface area contributed by atoms with Gasteiger partial charge in [-0.05, 0) is 63.4 Å². The second kappa shape index (κ2) is 12.2. The van der Waals surface area contributed by atoms with Crippen LogP contribution in [0.4, 0.5) is 5.69 Å². The van der Waals surface area contributed by atoms with E-state index in [1.54, 1.807) is 12.0 Å². The Morgan fingerprint density at radius 2 is 1.78 bits per heavy atom. The van der Waals surface area contributed by atoms with E-state index in [1.807, 2.05) is 69.3 Å². The molecule has 4 rings (SSSR count). The van der Waals surface area contributed by atoms with Gasteiger partial charge in [0.15, 0.2) is 0 Å². The fourth-order valence-corrected chi connectivity index (χ4v) is 5.73. The minimum Gasteiger partial charge on any atom is -0.497 e. The maximum atomic E-state index is 14.3. The minimum absolute atomic E-state index is 0.0912. The highest BCUT2D eigenvalue weighted by Gasteiger charge is 2.37. The first kappa shape index (κ1) is 26.7. The average Bonchev–Trinajstić information content (AvgIpc) is 3.26. The highest BCUT2D eigenvalue weighted by Crippen LogP contribution is 2.38. The zero-order chi connectivity index (χ0) is 26.4. The van der Waals surface area contributed by atoms with Crippen LogP contribution >= 0.6 is 11.3 Å². The second-order valence-electron chi connectivity index (χ2n) is 9.24. The largest absolute Gasteiger partial charge is 0.497 e. The number of thiazole rings is 1. The van der Waals surface area contributed by atoms with Gasteiger partial charge in [0.2, 0.25) is 5.91 Å². The zero-order valence-corrected chi connectivity index (χ0v) is 22.8. The number of ether oxygens (including phenoxy) is 2. The lowest BCUT2D eigenvalue weighted by Gasteiger charge is -2.34.